The summed E-state index contributed by atoms with van der Waals surface area (Å²) in [5.41, 5.74) is 0. The number of nitrogens with one attached hydrogen (secondary N) is 1. The normalized spacial score (nSPS) is 34.8. The monoisotopic (exact) mass is 147 g/mol. The number of hydrogen-bond donors (Lipinski definition) is 3. The predicted octanol–water partition coefficient (Wildman–Crippen LogP) is -0.405. The van der Waals surface area contributed by atoms with Gasteiger partial charge < -0.3 is 15.5 Å². The van der Waals surface area contributed by atoms with Crippen molar-refractivity contribution in [2.45, 2.75) is 18.6 Å². The Bertz CT molecular complexity index is 128. The van der Waals surface area contributed by atoms with Gasteiger partial charge in [0.25, 0.3) is 0 Å². The molecule has 0 saturated carbocycles. The average Bonchev–Trinajstić information content (AvgIpc) is 2.14. The van der Waals surface area contributed by atoms with Crippen LogP contribution in [0.4, 0.5) is 0 Å². The molecule has 1 rings (SSSR count). The minimum Gasteiger partial charge on any atom is -0.501 e. The minimum absolute atomic E-state index is 0.0495. The maximum Gasteiger partial charge on any atom is 0.174 e. The van der Waals surface area contributed by atoms with Crippen LogP contribution in [0.15, 0.2) is 0 Å². The van der Waals surface area contributed by atoms with E-state index in [9.17, 15) is 0 Å². The lowest BCUT2D eigenvalue weighted by molar-refractivity contribution is 0.194. The molecule has 0 bridgehead atoms. The van der Waals surface area contributed by atoms with E-state index in [1.54, 1.807) is 0 Å². The van der Waals surface area contributed by atoms with Crippen molar-refractivity contribution < 1.29 is 10.2 Å². The van der Waals surface area contributed by atoms with Crippen molar-refractivity contribution in [1.29, 1.82) is 0 Å². The van der Waals surface area contributed by atoms with E-state index in [4.69, 9.17) is 10.2 Å². The van der Waals surface area contributed by atoms with E-state index >= 15 is 0 Å². The zero-order chi connectivity index (χ0) is 6.85. The molecule has 3 nitrogen and oxygen atoms in total. The fraction of sp³-hybridized carbons (Fsp3) is 0.800. The maximum atomic E-state index is 8.92. The van der Waals surface area contributed by atoms with Crippen LogP contribution in [0.3, 0.4) is 0 Å². The van der Waals surface area contributed by atoms with Crippen LogP contribution >= 0.6 is 12.2 Å². The first-order valence-corrected chi connectivity index (χ1v) is 3.25. The van der Waals surface area contributed by atoms with Gasteiger partial charge in [0.1, 0.15) is 0 Å². The molecule has 9 heavy (non-hydrogen) atoms. The Kier molecular flexibility index (Phi) is 2.00. The van der Waals surface area contributed by atoms with Crippen molar-refractivity contribution >= 4 is 17.3 Å². The highest BCUT2D eigenvalue weighted by molar-refractivity contribution is 7.80. The topological polar surface area (TPSA) is 52.5 Å². The number of aliphatic hydroxyl groups excluding tert-OH is 2. The van der Waals surface area contributed by atoms with Crippen molar-refractivity contribution in [2.24, 2.45) is 0 Å². The summed E-state index contributed by atoms with van der Waals surface area (Å²) in [4.78, 5) is 0. The van der Waals surface area contributed by atoms with Gasteiger partial charge in [0.05, 0.1) is 12.1 Å². The van der Waals surface area contributed by atoms with Crippen LogP contribution in [-0.4, -0.2) is 34.0 Å². The van der Waals surface area contributed by atoms with Gasteiger partial charge in [-0.15, -0.1) is 0 Å². The van der Waals surface area contributed by atoms with E-state index in [1.165, 1.54) is 0 Å². The third-order valence-electron chi connectivity index (χ3n) is 1.41. The molecule has 52 valence electrons. The van der Waals surface area contributed by atoms with E-state index < -0.39 is 0 Å². The van der Waals surface area contributed by atoms with Crippen LogP contribution in [0.25, 0.3) is 0 Å². The predicted molar refractivity (Wildman–Crippen MR) is 37.6 cm³/mol. The third kappa shape index (κ3) is 1.61. The first kappa shape index (κ1) is 6.92. The number of aliphatic hydroxyl groups is 2. The molecule has 2 atom stereocenters. The van der Waals surface area contributed by atoms with Crippen molar-refractivity contribution in [3.8, 4) is 0 Å². The fourth-order valence-electron chi connectivity index (χ4n) is 0.905. The van der Waals surface area contributed by atoms with E-state index in [0.29, 0.717) is 13.0 Å². The number of thiocarbonyl (C=S) groups is 1. The molecule has 1 aliphatic heterocycles. The van der Waals surface area contributed by atoms with Gasteiger partial charge in [-0.3, -0.25) is 0 Å². The Morgan fingerprint density at radius 2 is 2.33 bits per heavy atom. The molecular weight excluding hydrogens is 138 g/mol. The molecule has 1 fully saturated rings. The summed E-state index contributed by atoms with van der Waals surface area (Å²) in [5, 5.41) is 20.5. The molecule has 0 spiro atoms. The van der Waals surface area contributed by atoms with Crippen molar-refractivity contribution in [3.05, 3.63) is 0 Å². The Morgan fingerprint density at radius 3 is 2.56 bits per heavy atom. The van der Waals surface area contributed by atoms with Crippen molar-refractivity contribution in [1.82, 2.24) is 5.32 Å². The summed E-state index contributed by atoms with van der Waals surface area (Å²) in [5.74, 6) is 0. The SMILES string of the molecule is OC(=S)[C@@H]1CC(O)CN1. The molecule has 0 amide bonds. The molecule has 0 radical (unpaired) electrons. The van der Waals surface area contributed by atoms with E-state index in [2.05, 4.69) is 17.5 Å². The van der Waals surface area contributed by atoms with Crippen LogP contribution in [0.2, 0.25) is 0 Å². The van der Waals surface area contributed by atoms with Gasteiger partial charge in [-0.1, -0.05) is 0 Å². The van der Waals surface area contributed by atoms with Crippen LogP contribution in [0.5, 0.6) is 0 Å². The molecule has 1 saturated heterocycles. The zero-order valence-electron chi connectivity index (χ0n) is 4.87. The Morgan fingerprint density at radius 1 is 1.67 bits per heavy atom. The van der Waals surface area contributed by atoms with Gasteiger partial charge in [0.2, 0.25) is 0 Å². The van der Waals surface area contributed by atoms with E-state index in [0.717, 1.165) is 0 Å². The van der Waals surface area contributed by atoms with Crippen LogP contribution in [0.1, 0.15) is 6.42 Å². The smallest absolute Gasteiger partial charge is 0.174 e. The number of rotatable bonds is 1. The molecule has 1 heterocycles. The summed E-state index contributed by atoms with van der Waals surface area (Å²) in [6.07, 6.45) is 0.190. The van der Waals surface area contributed by atoms with Gasteiger partial charge in [0.15, 0.2) is 5.05 Å². The van der Waals surface area contributed by atoms with Gasteiger partial charge in [-0.05, 0) is 18.6 Å². The van der Waals surface area contributed by atoms with Gasteiger partial charge >= 0.3 is 0 Å². The summed E-state index contributed by atoms with van der Waals surface area (Å²) in [6.45, 7) is 0.533. The molecule has 4 heteroatoms. The zero-order valence-corrected chi connectivity index (χ0v) is 5.69. The minimum atomic E-state index is -0.347. The van der Waals surface area contributed by atoms with E-state index in [1.807, 2.05) is 0 Å². The second-order valence-corrected chi connectivity index (χ2v) is 2.61. The van der Waals surface area contributed by atoms with Crippen LogP contribution < -0.4 is 5.32 Å². The molecule has 0 aromatic carbocycles. The lowest BCUT2D eigenvalue weighted by Crippen LogP contribution is -2.28. The van der Waals surface area contributed by atoms with Crippen LogP contribution in [-0.2, 0) is 0 Å². The first-order chi connectivity index (χ1) is 4.20. The highest BCUT2D eigenvalue weighted by Crippen LogP contribution is 2.06. The van der Waals surface area contributed by atoms with Gasteiger partial charge in [-0.25, -0.2) is 0 Å². The first-order valence-electron chi connectivity index (χ1n) is 2.84. The lowest BCUT2D eigenvalue weighted by Gasteiger charge is -2.03. The molecular formula is C5H9NO2S. The summed E-state index contributed by atoms with van der Waals surface area (Å²) in [6, 6.07) is -0.171. The second-order valence-electron chi connectivity index (χ2n) is 2.19. The van der Waals surface area contributed by atoms with Gasteiger partial charge in [0, 0.05) is 6.54 Å². The highest BCUT2D eigenvalue weighted by Gasteiger charge is 2.24. The summed E-state index contributed by atoms with van der Waals surface area (Å²) in [7, 11) is 0. The molecule has 3 N–H and O–H groups in total. The van der Waals surface area contributed by atoms with Crippen molar-refractivity contribution in [2.75, 3.05) is 6.54 Å². The van der Waals surface area contributed by atoms with Gasteiger partial charge in [-0.2, -0.15) is 0 Å². The Labute approximate surface area is 58.7 Å². The molecule has 1 aliphatic rings. The van der Waals surface area contributed by atoms with E-state index in [-0.39, 0.29) is 17.2 Å². The molecule has 0 aliphatic carbocycles. The Hall–Kier alpha value is -0.190. The summed E-state index contributed by atoms with van der Waals surface area (Å²) < 4.78 is 0. The largest absolute Gasteiger partial charge is 0.501 e. The number of β-amino-alcohol motifs (C(OH)–C–C–N with tert-alkyl or cyclic N) is 1. The standard InChI is InChI=1S/C5H9NO2S/c7-3-1-4(5(8)9)6-2-3/h3-4,6-7H,1-2H2,(H,8,9)/t3?,4-/m0/s1. The van der Waals surface area contributed by atoms with Crippen molar-refractivity contribution in [3.63, 3.8) is 0 Å². The molecule has 0 aromatic rings. The average molecular weight is 147 g/mol. The second kappa shape index (κ2) is 2.60. The quantitative estimate of drug-likeness (QED) is 0.441. The van der Waals surface area contributed by atoms with Crippen LogP contribution in [0, 0.1) is 0 Å². The maximum absolute atomic E-state index is 8.92. The molecule has 0 aromatic heterocycles. The third-order valence-corrected chi connectivity index (χ3v) is 1.69. The number of hydrogen-bond acceptors (Lipinski definition) is 3. The Balaban J connectivity index is 2.39. The molecule has 1 unspecified atom stereocenters. The fourth-order valence-corrected chi connectivity index (χ4v) is 1.08. The lowest BCUT2D eigenvalue weighted by atomic mass is 10.2. The summed E-state index contributed by atoms with van der Waals surface area (Å²) >= 11 is 4.49. The highest BCUT2D eigenvalue weighted by atomic mass is 32.1.